The second-order valence-electron chi connectivity index (χ2n) is 8.88. The molecule has 0 aliphatic carbocycles. The van der Waals surface area contributed by atoms with Gasteiger partial charge in [0.05, 0.1) is 5.41 Å². The lowest BCUT2D eigenvalue weighted by Gasteiger charge is -2.33. The van der Waals surface area contributed by atoms with Gasteiger partial charge in [-0.1, -0.05) is 36.8 Å². The number of esters is 1. The van der Waals surface area contributed by atoms with Crippen LogP contribution >= 0.6 is 24.8 Å². The molecule has 1 atom stereocenters. The number of cyclic esters (lactones) is 1. The van der Waals surface area contributed by atoms with Gasteiger partial charge in [0.2, 0.25) is 0 Å². The molecule has 3 saturated heterocycles. The molecule has 4 nitrogen and oxygen atoms in total. The van der Waals surface area contributed by atoms with Crippen LogP contribution in [0.4, 0.5) is 0 Å². The first-order valence-corrected chi connectivity index (χ1v) is 10.9. The second-order valence-corrected chi connectivity index (χ2v) is 8.88. The van der Waals surface area contributed by atoms with E-state index in [0.717, 1.165) is 44.8 Å². The summed E-state index contributed by atoms with van der Waals surface area (Å²) in [4.78, 5) is 15.0. The van der Waals surface area contributed by atoms with Crippen LogP contribution in [-0.2, 0) is 16.0 Å². The molecule has 3 fully saturated rings. The van der Waals surface area contributed by atoms with Crippen molar-refractivity contribution in [2.75, 3.05) is 32.7 Å². The van der Waals surface area contributed by atoms with Gasteiger partial charge in [-0.25, -0.2) is 0 Å². The standard InChI is InChI=1S/C23H34N2O2.2ClH/c26-22-23(11-13-24-14-12-23)17-21(27-22)18-25-15-9-20(10-16-25)8-4-7-19-5-2-1-3-6-19;;/h1-3,5-6,20-21,24H,4,7-18H2;2*1H. The Hall–Kier alpha value is -0.810. The molecule has 6 heteroatoms. The number of benzene rings is 1. The average molecular weight is 443 g/mol. The smallest absolute Gasteiger partial charge is 0.312 e. The summed E-state index contributed by atoms with van der Waals surface area (Å²) in [6.45, 7) is 5.18. The van der Waals surface area contributed by atoms with Crippen molar-refractivity contribution in [2.24, 2.45) is 11.3 Å². The van der Waals surface area contributed by atoms with Gasteiger partial charge in [0.15, 0.2) is 0 Å². The van der Waals surface area contributed by atoms with Crippen LogP contribution in [0.2, 0.25) is 0 Å². The zero-order valence-corrected chi connectivity index (χ0v) is 18.9. The lowest BCUT2D eigenvalue weighted by Crippen LogP contribution is -2.40. The molecule has 3 aliphatic rings. The number of likely N-dealkylation sites (tertiary alicyclic amines) is 1. The van der Waals surface area contributed by atoms with E-state index in [1.807, 2.05) is 0 Å². The van der Waals surface area contributed by atoms with E-state index in [-0.39, 0.29) is 42.3 Å². The Morgan fingerprint density at radius 2 is 1.76 bits per heavy atom. The molecule has 3 heterocycles. The number of hydrogen-bond donors (Lipinski definition) is 1. The number of hydrogen-bond acceptors (Lipinski definition) is 4. The monoisotopic (exact) mass is 442 g/mol. The first-order chi connectivity index (χ1) is 13.2. The molecule has 1 unspecified atom stereocenters. The molecule has 0 aromatic heterocycles. The Morgan fingerprint density at radius 3 is 2.45 bits per heavy atom. The summed E-state index contributed by atoms with van der Waals surface area (Å²) in [5, 5.41) is 3.37. The van der Waals surface area contributed by atoms with Gasteiger partial charge in [0.25, 0.3) is 0 Å². The van der Waals surface area contributed by atoms with Crippen LogP contribution < -0.4 is 5.32 Å². The molecule has 164 valence electrons. The number of nitrogens with zero attached hydrogens (tertiary/aromatic N) is 1. The van der Waals surface area contributed by atoms with Gasteiger partial charge in [-0.15, -0.1) is 24.8 Å². The Labute approximate surface area is 188 Å². The van der Waals surface area contributed by atoms with Crippen LogP contribution in [0.5, 0.6) is 0 Å². The van der Waals surface area contributed by atoms with Crippen LogP contribution in [0.15, 0.2) is 30.3 Å². The number of carbonyl (C=O) groups excluding carboxylic acids is 1. The molecule has 29 heavy (non-hydrogen) atoms. The SMILES string of the molecule is Cl.Cl.O=C1OC(CN2CCC(CCCc3ccccc3)CC2)CC12CCNCC2. The van der Waals surface area contributed by atoms with E-state index in [2.05, 4.69) is 40.5 Å². The lowest BCUT2D eigenvalue weighted by atomic mass is 9.76. The highest BCUT2D eigenvalue weighted by atomic mass is 35.5. The summed E-state index contributed by atoms with van der Waals surface area (Å²) in [7, 11) is 0. The summed E-state index contributed by atoms with van der Waals surface area (Å²) in [5.41, 5.74) is 1.29. The third-order valence-electron chi connectivity index (χ3n) is 6.98. The van der Waals surface area contributed by atoms with Crippen molar-refractivity contribution in [3.05, 3.63) is 35.9 Å². The van der Waals surface area contributed by atoms with Gasteiger partial charge >= 0.3 is 5.97 Å². The quantitative estimate of drug-likeness (QED) is 0.668. The van der Waals surface area contributed by atoms with Crippen molar-refractivity contribution in [3.8, 4) is 0 Å². The van der Waals surface area contributed by atoms with Crippen LogP contribution in [-0.4, -0.2) is 49.7 Å². The molecule has 1 N–H and O–H groups in total. The fourth-order valence-electron chi connectivity index (χ4n) is 5.24. The molecule has 0 bridgehead atoms. The van der Waals surface area contributed by atoms with E-state index in [4.69, 9.17) is 4.74 Å². The van der Waals surface area contributed by atoms with Crippen LogP contribution in [0.25, 0.3) is 0 Å². The number of nitrogens with one attached hydrogen (secondary N) is 1. The predicted octanol–water partition coefficient (Wildman–Crippen LogP) is 4.25. The highest BCUT2D eigenvalue weighted by molar-refractivity contribution is 5.85. The third-order valence-corrected chi connectivity index (χ3v) is 6.98. The number of halogens is 2. The molecule has 4 rings (SSSR count). The van der Waals surface area contributed by atoms with Crippen LogP contribution in [0.1, 0.15) is 50.5 Å². The number of rotatable bonds is 6. The number of carbonyl (C=O) groups is 1. The van der Waals surface area contributed by atoms with Crippen molar-refractivity contribution in [3.63, 3.8) is 0 Å². The Kier molecular flexibility index (Phi) is 9.74. The van der Waals surface area contributed by atoms with Gasteiger partial charge in [-0.2, -0.15) is 0 Å². The normalized spacial score (nSPS) is 24.6. The fourth-order valence-corrected chi connectivity index (χ4v) is 5.24. The maximum atomic E-state index is 12.4. The molecular weight excluding hydrogens is 407 g/mol. The van der Waals surface area contributed by atoms with Crippen molar-refractivity contribution in [2.45, 2.75) is 57.5 Å². The first-order valence-electron chi connectivity index (χ1n) is 10.9. The summed E-state index contributed by atoms with van der Waals surface area (Å²) in [6.07, 6.45) is 9.39. The minimum atomic E-state index is -0.175. The first kappa shape index (κ1) is 24.5. The zero-order valence-electron chi connectivity index (χ0n) is 17.3. The second kappa shape index (κ2) is 11.5. The number of piperidine rings is 2. The predicted molar refractivity (Wildman–Crippen MR) is 122 cm³/mol. The minimum Gasteiger partial charge on any atom is -0.461 e. The van der Waals surface area contributed by atoms with E-state index >= 15 is 0 Å². The van der Waals surface area contributed by atoms with Gasteiger partial charge in [-0.05, 0) is 76.2 Å². The molecule has 1 aromatic rings. The molecular formula is C23H36Cl2N2O2. The summed E-state index contributed by atoms with van der Waals surface area (Å²) >= 11 is 0. The van der Waals surface area contributed by atoms with Crippen molar-refractivity contribution < 1.29 is 9.53 Å². The van der Waals surface area contributed by atoms with Gasteiger partial charge in [-0.3, -0.25) is 9.69 Å². The fraction of sp³-hybridized carbons (Fsp3) is 0.696. The topological polar surface area (TPSA) is 41.6 Å². The highest BCUT2D eigenvalue weighted by Gasteiger charge is 2.49. The lowest BCUT2D eigenvalue weighted by molar-refractivity contribution is -0.150. The van der Waals surface area contributed by atoms with Crippen LogP contribution in [0.3, 0.4) is 0 Å². The third kappa shape index (κ3) is 6.33. The van der Waals surface area contributed by atoms with Gasteiger partial charge in [0.1, 0.15) is 6.10 Å². The molecule has 0 saturated carbocycles. The van der Waals surface area contributed by atoms with Crippen molar-refractivity contribution in [1.29, 1.82) is 0 Å². The summed E-state index contributed by atoms with van der Waals surface area (Å²) in [6, 6.07) is 10.8. The van der Waals surface area contributed by atoms with Crippen molar-refractivity contribution in [1.82, 2.24) is 10.2 Å². The summed E-state index contributed by atoms with van der Waals surface area (Å²) in [5.74, 6) is 0.941. The minimum absolute atomic E-state index is 0. The van der Waals surface area contributed by atoms with E-state index < -0.39 is 0 Å². The molecule has 0 radical (unpaired) electrons. The van der Waals surface area contributed by atoms with E-state index in [0.29, 0.717) is 0 Å². The Balaban J connectivity index is 0.00000150. The molecule has 1 spiro atoms. The van der Waals surface area contributed by atoms with E-state index in [1.54, 1.807) is 0 Å². The van der Waals surface area contributed by atoms with E-state index in [9.17, 15) is 4.79 Å². The number of ether oxygens (including phenoxy) is 1. The molecule has 0 amide bonds. The number of aryl methyl sites for hydroxylation is 1. The van der Waals surface area contributed by atoms with Gasteiger partial charge < -0.3 is 10.1 Å². The van der Waals surface area contributed by atoms with E-state index in [1.165, 1.54) is 50.8 Å². The Bertz CT molecular complexity index is 615. The van der Waals surface area contributed by atoms with Crippen LogP contribution in [0, 0.1) is 11.3 Å². The average Bonchev–Trinajstić information content (AvgIpc) is 2.99. The molecule has 3 aliphatic heterocycles. The highest BCUT2D eigenvalue weighted by Crippen LogP contribution is 2.42. The maximum absolute atomic E-state index is 12.4. The molecule has 1 aromatic carbocycles. The Morgan fingerprint density at radius 1 is 1.07 bits per heavy atom. The largest absolute Gasteiger partial charge is 0.461 e. The zero-order chi connectivity index (χ0) is 18.5. The van der Waals surface area contributed by atoms with Gasteiger partial charge in [0, 0.05) is 13.0 Å². The summed E-state index contributed by atoms with van der Waals surface area (Å²) < 4.78 is 5.79. The maximum Gasteiger partial charge on any atom is 0.312 e. The van der Waals surface area contributed by atoms with Crippen molar-refractivity contribution >= 4 is 30.8 Å².